The molecule has 162 valence electrons. The average molecular weight is 493 g/mol. The molecular weight excluding hydrogens is 472 g/mol. The van der Waals surface area contributed by atoms with E-state index in [1.807, 2.05) is 13.8 Å². The van der Waals surface area contributed by atoms with E-state index in [4.69, 9.17) is 4.74 Å². The Morgan fingerprint density at radius 1 is 1.12 bits per heavy atom. The van der Waals surface area contributed by atoms with Crippen molar-refractivity contribution in [1.29, 1.82) is 0 Å². The Hall–Kier alpha value is -3.45. The number of aliphatic hydroxyl groups is 1. The van der Waals surface area contributed by atoms with Gasteiger partial charge in [0.25, 0.3) is 11.7 Å². The Kier molecular flexibility index (Phi) is 6.10. The van der Waals surface area contributed by atoms with Gasteiger partial charge in [0, 0.05) is 34.2 Å². The molecule has 0 spiro atoms. The number of pyridine rings is 1. The highest BCUT2D eigenvalue weighted by atomic mass is 79.9. The molecule has 1 N–H and O–H groups in total. The summed E-state index contributed by atoms with van der Waals surface area (Å²) in [5.74, 6) is -1.09. The van der Waals surface area contributed by atoms with Gasteiger partial charge in [-0.25, -0.2) is 0 Å². The van der Waals surface area contributed by atoms with E-state index in [0.29, 0.717) is 29.2 Å². The number of nitrogens with zero attached hydrogens (tertiary/aromatic N) is 2. The summed E-state index contributed by atoms with van der Waals surface area (Å²) in [6.45, 7) is 4.23. The van der Waals surface area contributed by atoms with E-state index in [-0.39, 0.29) is 11.3 Å². The number of rotatable bonds is 5. The quantitative estimate of drug-likeness (QED) is 0.301. The number of anilines is 1. The number of amides is 1. The second-order valence-corrected chi connectivity index (χ2v) is 8.20. The minimum absolute atomic E-state index is 0.0322. The predicted octanol–water partition coefficient (Wildman–Crippen LogP) is 5.18. The summed E-state index contributed by atoms with van der Waals surface area (Å²) >= 11 is 3.45. The van der Waals surface area contributed by atoms with Crippen molar-refractivity contribution in [2.75, 3.05) is 11.5 Å². The first kappa shape index (κ1) is 21.8. The maximum absolute atomic E-state index is 13.2. The van der Waals surface area contributed by atoms with Crippen LogP contribution in [-0.2, 0) is 9.59 Å². The molecule has 1 aromatic heterocycles. The van der Waals surface area contributed by atoms with Crippen molar-refractivity contribution in [2.45, 2.75) is 19.9 Å². The molecule has 1 unspecified atom stereocenters. The van der Waals surface area contributed by atoms with Crippen LogP contribution in [0.5, 0.6) is 5.75 Å². The Labute approximate surface area is 194 Å². The number of carbonyl (C=O) groups is 2. The number of ether oxygens (including phenoxy) is 1. The van der Waals surface area contributed by atoms with Crippen LogP contribution < -0.4 is 9.64 Å². The van der Waals surface area contributed by atoms with Gasteiger partial charge < -0.3 is 9.84 Å². The highest BCUT2D eigenvalue weighted by Crippen LogP contribution is 2.42. The van der Waals surface area contributed by atoms with Crippen LogP contribution in [0.15, 0.2) is 77.0 Å². The zero-order valence-electron chi connectivity index (χ0n) is 17.6. The monoisotopic (exact) mass is 492 g/mol. The van der Waals surface area contributed by atoms with Crippen molar-refractivity contribution >= 4 is 39.1 Å². The lowest BCUT2D eigenvalue weighted by atomic mass is 9.95. The van der Waals surface area contributed by atoms with Gasteiger partial charge in [0.05, 0.1) is 18.2 Å². The second kappa shape index (κ2) is 8.96. The minimum atomic E-state index is -0.807. The number of aryl methyl sites for hydroxylation is 1. The third kappa shape index (κ3) is 3.91. The molecule has 1 aliphatic rings. The molecule has 1 aliphatic heterocycles. The largest absolute Gasteiger partial charge is 0.507 e. The first-order chi connectivity index (χ1) is 15.4. The molecule has 1 amide bonds. The predicted molar refractivity (Wildman–Crippen MR) is 126 cm³/mol. The van der Waals surface area contributed by atoms with Gasteiger partial charge in [0.1, 0.15) is 11.5 Å². The number of aromatic nitrogens is 1. The van der Waals surface area contributed by atoms with Crippen molar-refractivity contribution in [2.24, 2.45) is 0 Å². The van der Waals surface area contributed by atoms with Crippen LogP contribution in [0.4, 0.5) is 5.69 Å². The molecule has 7 heteroatoms. The number of ketones is 1. The summed E-state index contributed by atoms with van der Waals surface area (Å²) in [5.41, 5.74) is 2.56. The topological polar surface area (TPSA) is 79.7 Å². The number of carbonyl (C=O) groups excluding carboxylic acids is 2. The van der Waals surface area contributed by atoms with E-state index in [1.54, 1.807) is 67.0 Å². The van der Waals surface area contributed by atoms with Crippen LogP contribution in [0.25, 0.3) is 5.76 Å². The van der Waals surface area contributed by atoms with Crippen molar-refractivity contribution in [3.8, 4) is 5.75 Å². The Morgan fingerprint density at radius 2 is 1.88 bits per heavy atom. The number of Topliss-reactive ketones (excluding diaryl/α,β-unsaturated/α-hetero) is 1. The highest BCUT2D eigenvalue weighted by Gasteiger charge is 2.47. The number of hydrogen-bond acceptors (Lipinski definition) is 5. The normalized spacial score (nSPS) is 17.6. The third-order valence-corrected chi connectivity index (χ3v) is 6.19. The fraction of sp³-hybridized carbons (Fsp3) is 0.160. The molecule has 4 rings (SSSR count). The zero-order chi connectivity index (χ0) is 22.8. The fourth-order valence-electron chi connectivity index (χ4n) is 3.80. The lowest BCUT2D eigenvalue weighted by molar-refractivity contribution is -0.132. The van der Waals surface area contributed by atoms with E-state index < -0.39 is 17.7 Å². The van der Waals surface area contributed by atoms with Crippen molar-refractivity contribution in [1.82, 2.24) is 4.98 Å². The number of benzene rings is 2. The molecule has 6 nitrogen and oxygen atoms in total. The van der Waals surface area contributed by atoms with Crippen LogP contribution in [0.1, 0.15) is 29.7 Å². The van der Waals surface area contributed by atoms with Crippen LogP contribution in [0.3, 0.4) is 0 Å². The van der Waals surface area contributed by atoms with Crippen LogP contribution in [0.2, 0.25) is 0 Å². The molecule has 0 aliphatic carbocycles. The standard InChI is InChI=1S/C25H21BrN2O4/c1-3-32-19-6-4-5-18(14-19)28-22(16-9-11-27-12-10-16)21(24(30)25(28)31)23(29)17-7-8-20(26)15(2)13-17/h4-14,22,29H,3H2,1-2H3/b23-21+. The molecule has 1 atom stereocenters. The van der Waals surface area contributed by atoms with Gasteiger partial charge in [0.15, 0.2) is 0 Å². The number of halogens is 1. The fourth-order valence-corrected chi connectivity index (χ4v) is 4.04. The van der Waals surface area contributed by atoms with Crippen molar-refractivity contribution in [3.63, 3.8) is 0 Å². The van der Waals surface area contributed by atoms with E-state index in [1.165, 1.54) is 4.90 Å². The molecule has 0 radical (unpaired) electrons. The van der Waals surface area contributed by atoms with Gasteiger partial charge in [-0.15, -0.1) is 0 Å². The molecule has 1 fully saturated rings. The second-order valence-electron chi connectivity index (χ2n) is 7.34. The van der Waals surface area contributed by atoms with Crippen molar-refractivity contribution < 1.29 is 19.4 Å². The maximum Gasteiger partial charge on any atom is 0.300 e. The van der Waals surface area contributed by atoms with E-state index in [9.17, 15) is 14.7 Å². The van der Waals surface area contributed by atoms with Crippen molar-refractivity contribution in [3.05, 3.63) is 93.7 Å². The molecule has 1 saturated heterocycles. The average Bonchev–Trinajstić information content (AvgIpc) is 3.07. The molecule has 0 bridgehead atoms. The van der Waals surface area contributed by atoms with Gasteiger partial charge in [-0.2, -0.15) is 0 Å². The van der Waals surface area contributed by atoms with Crippen LogP contribution in [-0.4, -0.2) is 28.4 Å². The Bertz CT molecular complexity index is 1220. The SMILES string of the molecule is CCOc1cccc(N2C(=O)C(=O)/C(=C(/O)c3ccc(Br)c(C)c3)C2c2ccncc2)c1. The first-order valence-corrected chi connectivity index (χ1v) is 10.9. The zero-order valence-corrected chi connectivity index (χ0v) is 19.2. The molecule has 32 heavy (non-hydrogen) atoms. The van der Waals surface area contributed by atoms with E-state index >= 15 is 0 Å². The summed E-state index contributed by atoms with van der Waals surface area (Å²) in [6.07, 6.45) is 3.19. The van der Waals surface area contributed by atoms with Gasteiger partial charge in [0.2, 0.25) is 0 Å². The molecular formula is C25H21BrN2O4. The van der Waals surface area contributed by atoms with Crippen LogP contribution >= 0.6 is 15.9 Å². The number of hydrogen-bond donors (Lipinski definition) is 1. The molecule has 3 aromatic rings. The first-order valence-electron chi connectivity index (χ1n) is 10.1. The van der Waals surface area contributed by atoms with Gasteiger partial charge in [-0.05, 0) is 61.4 Å². The minimum Gasteiger partial charge on any atom is -0.507 e. The van der Waals surface area contributed by atoms with E-state index in [0.717, 1.165) is 10.0 Å². The Morgan fingerprint density at radius 3 is 2.56 bits per heavy atom. The van der Waals surface area contributed by atoms with Gasteiger partial charge >= 0.3 is 0 Å². The molecule has 2 heterocycles. The third-order valence-electron chi connectivity index (χ3n) is 5.30. The Balaban J connectivity index is 1.92. The maximum atomic E-state index is 13.2. The van der Waals surface area contributed by atoms with Gasteiger partial charge in [-0.1, -0.05) is 28.1 Å². The summed E-state index contributed by atoms with van der Waals surface area (Å²) in [5, 5.41) is 11.2. The lowest BCUT2D eigenvalue weighted by Gasteiger charge is -2.25. The number of aliphatic hydroxyl groups excluding tert-OH is 1. The summed E-state index contributed by atoms with van der Waals surface area (Å²) in [7, 11) is 0. The smallest absolute Gasteiger partial charge is 0.300 e. The lowest BCUT2D eigenvalue weighted by Crippen LogP contribution is -2.29. The summed E-state index contributed by atoms with van der Waals surface area (Å²) < 4.78 is 6.46. The summed E-state index contributed by atoms with van der Waals surface area (Å²) in [4.78, 5) is 31.8. The highest BCUT2D eigenvalue weighted by molar-refractivity contribution is 9.10. The van der Waals surface area contributed by atoms with Crippen LogP contribution in [0, 0.1) is 6.92 Å². The van der Waals surface area contributed by atoms with Gasteiger partial charge in [-0.3, -0.25) is 19.5 Å². The molecule has 2 aromatic carbocycles. The molecule has 0 saturated carbocycles. The van der Waals surface area contributed by atoms with E-state index in [2.05, 4.69) is 20.9 Å². The summed E-state index contributed by atoms with van der Waals surface area (Å²) in [6, 6.07) is 14.9.